The molecule has 2 aliphatic rings. The van der Waals surface area contributed by atoms with Gasteiger partial charge in [0.2, 0.25) is 0 Å². The summed E-state index contributed by atoms with van der Waals surface area (Å²) < 4.78 is 25.6. The summed E-state index contributed by atoms with van der Waals surface area (Å²) in [5.74, 6) is 1.91. The highest BCUT2D eigenvalue weighted by atomic mass is 19.2. The first kappa shape index (κ1) is 15.9. The Bertz CT molecular complexity index is 627. The third-order valence-corrected chi connectivity index (χ3v) is 4.05. The van der Waals surface area contributed by atoms with Crippen LogP contribution in [0, 0.1) is 5.92 Å². The number of hydrogen-bond donors (Lipinski definition) is 1. The lowest BCUT2D eigenvalue weighted by Gasteiger charge is -2.33. The zero-order valence-corrected chi connectivity index (χ0v) is 13.5. The van der Waals surface area contributed by atoms with Crippen molar-refractivity contribution in [3.63, 3.8) is 0 Å². The average Bonchev–Trinajstić information content (AvgIpc) is 2.52. The van der Waals surface area contributed by atoms with Gasteiger partial charge in [-0.15, -0.1) is 0 Å². The molecule has 1 aromatic rings. The second kappa shape index (κ2) is 6.62. The van der Waals surface area contributed by atoms with Gasteiger partial charge < -0.3 is 15.2 Å². The number of ether oxygens (including phenoxy) is 2. The Morgan fingerprint density at radius 3 is 3.04 bits per heavy atom. The Balaban J connectivity index is 1.71. The molecule has 1 aromatic carbocycles. The van der Waals surface area contributed by atoms with Crippen LogP contribution in [0.5, 0.6) is 11.5 Å². The molecule has 0 fully saturated rings. The molecular formula is C18H23FN2O2. The highest BCUT2D eigenvalue weighted by molar-refractivity contribution is 5.49. The van der Waals surface area contributed by atoms with E-state index in [-0.39, 0.29) is 6.04 Å². The molecule has 0 aromatic heterocycles. The molecule has 0 spiro atoms. The highest BCUT2D eigenvalue weighted by Crippen LogP contribution is 2.42. The fourth-order valence-corrected chi connectivity index (χ4v) is 3.04. The van der Waals surface area contributed by atoms with Crippen LogP contribution < -0.4 is 15.2 Å². The van der Waals surface area contributed by atoms with Gasteiger partial charge in [0.1, 0.15) is 30.8 Å². The van der Waals surface area contributed by atoms with Crippen molar-refractivity contribution in [1.29, 1.82) is 0 Å². The SMILES string of the molecule is CC(C)CC(N)COc1ccc2c(c1)OCC1=CC=CN(F)[C@@H]12. The number of rotatable bonds is 5. The van der Waals surface area contributed by atoms with Crippen LogP contribution in [-0.2, 0) is 0 Å². The Morgan fingerprint density at radius 2 is 2.26 bits per heavy atom. The summed E-state index contributed by atoms with van der Waals surface area (Å²) in [6.45, 7) is 5.13. The van der Waals surface area contributed by atoms with Gasteiger partial charge in [-0.3, -0.25) is 0 Å². The van der Waals surface area contributed by atoms with E-state index >= 15 is 0 Å². The van der Waals surface area contributed by atoms with E-state index in [1.54, 1.807) is 6.08 Å². The molecule has 2 atom stereocenters. The smallest absolute Gasteiger partial charge is 0.129 e. The number of benzene rings is 1. The van der Waals surface area contributed by atoms with Crippen molar-refractivity contribution in [1.82, 2.24) is 5.12 Å². The largest absolute Gasteiger partial charge is 0.492 e. The molecule has 0 aliphatic carbocycles. The molecule has 2 heterocycles. The lowest BCUT2D eigenvalue weighted by molar-refractivity contribution is 0.0386. The molecule has 23 heavy (non-hydrogen) atoms. The van der Waals surface area contributed by atoms with Gasteiger partial charge >= 0.3 is 0 Å². The van der Waals surface area contributed by atoms with E-state index in [2.05, 4.69) is 13.8 Å². The van der Waals surface area contributed by atoms with Gasteiger partial charge in [-0.1, -0.05) is 24.4 Å². The number of halogens is 1. The maximum absolute atomic E-state index is 14.1. The van der Waals surface area contributed by atoms with Gasteiger partial charge in [-0.05, 0) is 36.1 Å². The first-order chi connectivity index (χ1) is 11.0. The molecule has 1 unspecified atom stereocenters. The van der Waals surface area contributed by atoms with Crippen molar-refractivity contribution in [3.05, 3.63) is 47.7 Å². The maximum Gasteiger partial charge on any atom is 0.129 e. The minimum Gasteiger partial charge on any atom is -0.492 e. The Kier molecular flexibility index (Phi) is 4.57. The maximum atomic E-state index is 14.1. The number of fused-ring (bicyclic) bond motifs is 3. The zero-order valence-electron chi connectivity index (χ0n) is 13.5. The number of nitrogens with two attached hydrogens (primary N) is 1. The Labute approximate surface area is 136 Å². The van der Waals surface area contributed by atoms with Gasteiger partial charge in [0.15, 0.2) is 0 Å². The van der Waals surface area contributed by atoms with Gasteiger partial charge in [0.25, 0.3) is 0 Å². The Morgan fingerprint density at radius 1 is 1.43 bits per heavy atom. The van der Waals surface area contributed by atoms with Crippen LogP contribution >= 0.6 is 0 Å². The summed E-state index contributed by atoms with van der Waals surface area (Å²) >= 11 is 0. The number of hydrogen-bond acceptors (Lipinski definition) is 4. The van der Waals surface area contributed by atoms with Crippen molar-refractivity contribution in [2.75, 3.05) is 13.2 Å². The Hall–Kier alpha value is -2.01. The predicted molar refractivity (Wildman–Crippen MR) is 87.8 cm³/mol. The van der Waals surface area contributed by atoms with Crippen LogP contribution in [0.2, 0.25) is 0 Å². The summed E-state index contributed by atoms with van der Waals surface area (Å²) in [6.07, 6.45) is 5.94. The van der Waals surface area contributed by atoms with Crippen molar-refractivity contribution < 1.29 is 14.0 Å². The number of allylic oxidation sites excluding steroid dienone is 2. The lowest BCUT2D eigenvalue weighted by atomic mass is 9.94. The predicted octanol–water partition coefficient (Wildman–Crippen LogP) is 3.51. The van der Waals surface area contributed by atoms with Crippen LogP contribution in [-0.4, -0.2) is 24.4 Å². The van der Waals surface area contributed by atoms with Gasteiger partial charge in [-0.25, -0.2) is 5.12 Å². The molecule has 0 saturated carbocycles. The van der Waals surface area contributed by atoms with Crippen LogP contribution in [0.3, 0.4) is 0 Å². The molecule has 5 heteroatoms. The second-order valence-corrected chi connectivity index (χ2v) is 6.52. The average molecular weight is 318 g/mol. The molecule has 3 rings (SSSR count). The monoisotopic (exact) mass is 318 g/mol. The van der Waals surface area contributed by atoms with Crippen LogP contribution in [0.1, 0.15) is 31.9 Å². The van der Waals surface area contributed by atoms with E-state index in [1.165, 1.54) is 6.20 Å². The minimum atomic E-state index is -0.402. The van der Waals surface area contributed by atoms with Crippen molar-refractivity contribution in [2.24, 2.45) is 11.7 Å². The summed E-state index contributed by atoms with van der Waals surface area (Å²) in [7, 11) is 0. The third kappa shape index (κ3) is 3.50. The molecule has 4 nitrogen and oxygen atoms in total. The normalized spacial score (nSPS) is 20.5. The minimum absolute atomic E-state index is 0.00583. The molecular weight excluding hydrogens is 295 g/mol. The summed E-state index contributed by atoms with van der Waals surface area (Å²) in [5, 5.41) is 0.718. The molecule has 2 N–H and O–H groups in total. The summed E-state index contributed by atoms with van der Waals surface area (Å²) in [4.78, 5) is 0. The van der Waals surface area contributed by atoms with Gasteiger partial charge in [0, 0.05) is 23.9 Å². The second-order valence-electron chi connectivity index (χ2n) is 6.52. The van der Waals surface area contributed by atoms with Crippen molar-refractivity contribution in [2.45, 2.75) is 32.4 Å². The molecule has 0 bridgehead atoms. The topological polar surface area (TPSA) is 47.7 Å². The number of nitrogens with zero attached hydrogens (tertiary/aromatic N) is 1. The van der Waals surface area contributed by atoms with E-state index in [0.717, 1.165) is 22.7 Å². The molecule has 0 saturated heterocycles. The molecule has 0 amide bonds. The van der Waals surface area contributed by atoms with E-state index in [1.807, 2.05) is 24.3 Å². The first-order valence-corrected chi connectivity index (χ1v) is 8.01. The lowest BCUT2D eigenvalue weighted by Crippen LogP contribution is -2.29. The van der Waals surface area contributed by atoms with Crippen molar-refractivity contribution >= 4 is 0 Å². The van der Waals surface area contributed by atoms with Gasteiger partial charge in [0.05, 0.1) is 0 Å². The third-order valence-electron chi connectivity index (χ3n) is 4.05. The van der Waals surface area contributed by atoms with E-state index in [9.17, 15) is 4.48 Å². The fourth-order valence-electron chi connectivity index (χ4n) is 3.04. The standard InChI is InChI=1S/C18H23FN2O2/c1-12(2)8-14(20)11-22-15-5-6-16-17(9-15)23-10-13-4-3-7-21(19)18(13)16/h3-7,9,12,14,18H,8,10-11,20H2,1-2H3/t14?,18-/m0/s1. The summed E-state index contributed by atoms with van der Waals surface area (Å²) in [5.41, 5.74) is 7.76. The van der Waals surface area contributed by atoms with E-state index in [4.69, 9.17) is 15.2 Å². The van der Waals surface area contributed by atoms with Crippen LogP contribution in [0.15, 0.2) is 42.1 Å². The van der Waals surface area contributed by atoms with Crippen LogP contribution in [0.4, 0.5) is 4.48 Å². The highest BCUT2D eigenvalue weighted by Gasteiger charge is 2.31. The molecule has 124 valence electrons. The van der Waals surface area contributed by atoms with Crippen molar-refractivity contribution in [3.8, 4) is 11.5 Å². The molecule has 2 aliphatic heterocycles. The van der Waals surface area contributed by atoms with Gasteiger partial charge in [-0.2, -0.15) is 0 Å². The van der Waals surface area contributed by atoms with E-state index in [0.29, 0.717) is 30.6 Å². The molecule has 0 radical (unpaired) electrons. The van der Waals surface area contributed by atoms with Crippen LogP contribution in [0.25, 0.3) is 0 Å². The van der Waals surface area contributed by atoms with E-state index < -0.39 is 6.04 Å². The fraction of sp³-hybridized carbons (Fsp3) is 0.444. The summed E-state index contributed by atoms with van der Waals surface area (Å²) in [6, 6.07) is 5.13. The quantitative estimate of drug-likeness (QED) is 0.844. The zero-order chi connectivity index (χ0) is 16.4. The first-order valence-electron chi connectivity index (χ1n) is 8.01.